The topological polar surface area (TPSA) is 86.3 Å². The summed E-state index contributed by atoms with van der Waals surface area (Å²) in [6, 6.07) is -0.213. The van der Waals surface area contributed by atoms with E-state index in [9.17, 15) is 4.79 Å². The monoisotopic (exact) mass is 239 g/mol. The Morgan fingerprint density at radius 1 is 1.59 bits per heavy atom. The van der Waals surface area contributed by atoms with Gasteiger partial charge in [0.2, 0.25) is 5.91 Å². The molecule has 2 N–H and O–H groups in total. The van der Waals surface area contributed by atoms with Crippen molar-refractivity contribution >= 4 is 5.91 Å². The van der Waals surface area contributed by atoms with Crippen molar-refractivity contribution in [2.75, 3.05) is 26.3 Å². The molecule has 0 aromatic carbocycles. The van der Waals surface area contributed by atoms with Gasteiger partial charge in [-0.3, -0.25) is 4.79 Å². The lowest BCUT2D eigenvalue weighted by Crippen LogP contribution is -2.42. The number of hydrogen-bond donors (Lipinski definition) is 1. The Labute approximate surface area is 99.5 Å². The van der Waals surface area contributed by atoms with E-state index in [-0.39, 0.29) is 18.5 Å². The third-order valence-electron chi connectivity index (χ3n) is 2.62. The molecule has 1 unspecified atom stereocenters. The Morgan fingerprint density at radius 2 is 2.29 bits per heavy atom. The number of morpholine rings is 1. The van der Waals surface area contributed by atoms with Gasteiger partial charge in [0.15, 0.2) is 5.82 Å². The molecule has 1 atom stereocenters. The van der Waals surface area contributed by atoms with Crippen LogP contribution in [0.3, 0.4) is 0 Å². The quantitative estimate of drug-likeness (QED) is 0.743. The molecule has 7 nitrogen and oxygen atoms in total. The summed E-state index contributed by atoms with van der Waals surface area (Å²) < 4.78 is 6.71. The van der Waals surface area contributed by atoms with Gasteiger partial charge in [-0.15, -0.1) is 0 Å². The number of ether oxygens (including phenoxy) is 1. The van der Waals surface area contributed by atoms with Crippen molar-refractivity contribution in [2.45, 2.75) is 19.5 Å². The van der Waals surface area contributed by atoms with Crippen molar-refractivity contribution < 1.29 is 9.53 Å². The third-order valence-corrected chi connectivity index (χ3v) is 2.62. The minimum atomic E-state index is -0.213. The molecule has 1 amide bonds. The highest BCUT2D eigenvalue weighted by Crippen LogP contribution is 2.02. The molecule has 1 aliphatic heterocycles. The van der Waals surface area contributed by atoms with Crippen LogP contribution in [0.1, 0.15) is 18.8 Å². The molecule has 7 heteroatoms. The van der Waals surface area contributed by atoms with E-state index in [1.54, 1.807) is 4.90 Å². The molecule has 1 aromatic rings. The molecule has 1 aromatic heterocycles. The molecule has 0 bridgehead atoms. The predicted molar refractivity (Wildman–Crippen MR) is 60.0 cm³/mol. The zero-order valence-electron chi connectivity index (χ0n) is 9.87. The number of carbonyl (C=O) groups excluding carboxylic acids is 1. The lowest BCUT2D eigenvalue weighted by Gasteiger charge is -2.26. The van der Waals surface area contributed by atoms with E-state index < -0.39 is 0 Å². The summed E-state index contributed by atoms with van der Waals surface area (Å²) in [4.78, 5) is 17.7. The molecule has 1 saturated heterocycles. The Morgan fingerprint density at radius 3 is 2.88 bits per heavy atom. The second kappa shape index (κ2) is 5.24. The second-order valence-electron chi connectivity index (χ2n) is 4.08. The smallest absolute Gasteiger partial charge is 0.244 e. The van der Waals surface area contributed by atoms with E-state index >= 15 is 0 Å². The fraction of sp³-hybridized carbons (Fsp3) is 0.700. The summed E-state index contributed by atoms with van der Waals surface area (Å²) in [5.41, 5.74) is 5.65. The number of nitrogens with zero attached hydrogens (tertiary/aromatic N) is 4. The first-order chi connectivity index (χ1) is 8.16. The summed E-state index contributed by atoms with van der Waals surface area (Å²) in [6.07, 6.45) is 1.54. The zero-order valence-corrected chi connectivity index (χ0v) is 9.87. The first-order valence-corrected chi connectivity index (χ1v) is 5.67. The highest BCUT2D eigenvalue weighted by Gasteiger charge is 2.17. The van der Waals surface area contributed by atoms with E-state index in [1.165, 1.54) is 11.0 Å². The van der Waals surface area contributed by atoms with E-state index in [0.717, 1.165) is 0 Å². The molecule has 2 heterocycles. The van der Waals surface area contributed by atoms with Gasteiger partial charge in [0.25, 0.3) is 0 Å². The normalized spacial score (nSPS) is 18.1. The number of carbonyl (C=O) groups is 1. The van der Waals surface area contributed by atoms with Crippen LogP contribution in [0.25, 0.3) is 0 Å². The van der Waals surface area contributed by atoms with Crippen molar-refractivity contribution in [2.24, 2.45) is 5.73 Å². The molecule has 0 saturated carbocycles. The number of rotatable bonds is 3. The average molecular weight is 239 g/mol. The molecule has 1 aliphatic rings. The van der Waals surface area contributed by atoms with Crippen LogP contribution in [0.15, 0.2) is 6.33 Å². The van der Waals surface area contributed by atoms with Crippen molar-refractivity contribution in [1.29, 1.82) is 0 Å². The summed E-state index contributed by atoms with van der Waals surface area (Å²) in [7, 11) is 0. The number of hydrogen-bond acceptors (Lipinski definition) is 5. The van der Waals surface area contributed by atoms with E-state index in [0.29, 0.717) is 32.1 Å². The Kier molecular flexibility index (Phi) is 3.70. The Bertz CT molecular complexity index is 384. The second-order valence-corrected chi connectivity index (χ2v) is 4.08. The summed E-state index contributed by atoms with van der Waals surface area (Å²) in [5.74, 6) is 0.592. The molecule has 0 spiro atoms. The summed E-state index contributed by atoms with van der Waals surface area (Å²) in [5, 5.41) is 4.15. The van der Waals surface area contributed by atoms with Gasteiger partial charge in [-0.2, -0.15) is 5.10 Å². The highest BCUT2D eigenvalue weighted by molar-refractivity contribution is 5.75. The molecule has 17 heavy (non-hydrogen) atoms. The minimum absolute atomic E-state index is 0.0365. The Hall–Kier alpha value is -1.47. The first kappa shape index (κ1) is 12.0. The van der Waals surface area contributed by atoms with Gasteiger partial charge in [0, 0.05) is 13.1 Å². The molecular formula is C10H17N5O2. The van der Waals surface area contributed by atoms with Gasteiger partial charge in [0.05, 0.1) is 19.3 Å². The van der Waals surface area contributed by atoms with Crippen molar-refractivity contribution in [1.82, 2.24) is 19.7 Å². The van der Waals surface area contributed by atoms with Crippen molar-refractivity contribution in [3.05, 3.63) is 12.2 Å². The predicted octanol–water partition coefficient (Wildman–Crippen LogP) is -0.843. The van der Waals surface area contributed by atoms with Crippen LogP contribution in [0.2, 0.25) is 0 Å². The fourth-order valence-corrected chi connectivity index (χ4v) is 1.65. The van der Waals surface area contributed by atoms with E-state index in [4.69, 9.17) is 10.5 Å². The SMILES string of the molecule is CC(N)c1ncn(CC(=O)N2CCOCC2)n1. The van der Waals surface area contributed by atoms with Gasteiger partial charge in [-0.1, -0.05) is 0 Å². The van der Waals surface area contributed by atoms with Crippen LogP contribution in [-0.2, 0) is 16.1 Å². The zero-order chi connectivity index (χ0) is 12.3. The lowest BCUT2D eigenvalue weighted by molar-refractivity contribution is -0.136. The molecule has 0 radical (unpaired) electrons. The largest absolute Gasteiger partial charge is 0.378 e. The van der Waals surface area contributed by atoms with Crippen molar-refractivity contribution in [3.63, 3.8) is 0 Å². The third kappa shape index (κ3) is 3.01. The van der Waals surface area contributed by atoms with Gasteiger partial charge in [-0.05, 0) is 6.92 Å². The maximum atomic E-state index is 11.9. The number of nitrogens with two attached hydrogens (primary N) is 1. The summed E-state index contributed by atoms with van der Waals surface area (Å²) in [6.45, 7) is 4.52. The first-order valence-electron chi connectivity index (χ1n) is 5.67. The lowest BCUT2D eigenvalue weighted by atomic mass is 10.3. The van der Waals surface area contributed by atoms with Crippen LogP contribution < -0.4 is 5.73 Å². The fourth-order valence-electron chi connectivity index (χ4n) is 1.65. The molecule has 0 aliphatic carbocycles. The van der Waals surface area contributed by atoms with Gasteiger partial charge in [-0.25, -0.2) is 9.67 Å². The van der Waals surface area contributed by atoms with E-state index in [1.807, 2.05) is 6.92 Å². The average Bonchev–Trinajstić information content (AvgIpc) is 2.79. The Balaban J connectivity index is 1.92. The standard InChI is InChI=1S/C10H17N5O2/c1-8(11)10-12-7-15(13-10)6-9(16)14-2-4-17-5-3-14/h7-8H,2-6,11H2,1H3. The number of amides is 1. The van der Waals surface area contributed by atoms with Crippen LogP contribution in [0.4, 0.5) is 0 Å². The van der Waals surface area contributed by atoms with E-state index in [2.05, 4.69) is 10.1 Å². The van der Waals surface area contributed by atoms with Crippen LogP contribution in [-0.4, -0.2) is 51.9 Å². The number of aromatic nitrogens is 3. The van der Waals surface area contributed by atoms with Crippen molar-refractivity contribution in [3.8, 4) is 0 Å². The minimum Gasteiger partial charge on any atom is -0.378 e. The van der Waals surface area contributed by atoms with Crippen LogP contribution >= 0.6 is 0 Å². The maximum absolute atomic E-state index is 11.9. The maximum Gasteiger partial charge on any atom is 0.244 e. The van der Waals surface area contributed by atoms with Crippen LogP contribution in [0.5, 0.6) is 0 Å². The van der Waals surface area contributed by atoms with Gasteiger partial charge >= 0.3 is 0 Å². The van der Waals surface area contributed by atoms with Gasteiger partial charge < -0.3 is 15.4 Å². The molecule has 94 valence electrons. The molecular weight excluding hydrogens is 222 g/mol. The molecule has 2 rings (SSSR count). The van der Waals surface area contributed by atoms with Gasteiger partial charge in [0.1, 0.15) is 12.9 Å². The summed E-state index contributed by atoms with van der Waals surface area (Å²) >= 11 is 0. The van der Waals surface area contributed by atoms with Crippen LogP contribution in [0, 0.1) is 0 Å². The molecule has 1 fully saturated rings. The highest BCUT2D eigenvalue weighted by atomic mass is 16.5.